The zero-order valence-electron chi connectivity index (χ0n) is 18.2. The lowest BCUT2D eigenvalue weighted by Gasteiger charge is -2.05. The van der Waals surface area contributed by atoms with Crippen molar-refractivity contribution in [3.8, 4) is 0 Å². The van der Waals surface area contributed by atoms with Crippen molar-refractivity contribution < 1.29 is 9.72 Å². The molecule has 0 aliphatic heterocycles. The predicted molar refractivity (Wildman–Crippen MR) is 125 cm³/mol. The van der Waals surface area contributed by atoms with Gasteiger partial charge in [0.2, 0.25) is 0 Å². The van der Waals surface area contributed by atoms with E-state index in [9.17, 15) is 14.9 Å². The number of hydrogen-bond donors (Lipinski definition) is 1. The average molecular weight is 431 g/mol. The summed E-state index contributed by atoms with van der Waals surface area (Å²) in [4.78, 5) is 22.6. The minimum Gasteiger partial charge on any atom is -0.268 e. The quantitative estimate of drug-likeness (QED) is 0.315. The van der Waals surface area contributed by atoms with Crippen LogP contribution in [0.2, 0.25) is 0 Å². The van der Waals surface area contributed by atoms with Gasteiger partial charge in [0.15, 0.2) is 5.69 Å². The highest BCUT2D eigenvalue weighted by atomic mass is 16.6. The highest BCUT2D eigenvalue weighted by molar-refractivity contribution is 5.93. The van der Waals surface area contributed by atoms with E-state index in [1.54, 1.807) is 35.3 Å². The van der Waals surface area contributed by atoms with Crippen LogP contribution in [0.1, 0.15) is 53.9 Å². The molecule has 1 aromatic heterocycles. The third-order valence-electron chi connectivity index (χ3n) is 4.80. The van der Waals surface area contributed by atoms with Gasteiger partial charge in [-0.2, -0.15) is 10.2 Å². The molecule has 0 saturated carbocycles. The number of allylic oxidation sites excluding steroid dienone is 1. The number of nitrogens with one attached hydrogen (secondary N) is 1. The van der Waals surface area contributed by atoms with E-state index >= 15 is 0 Å². The largest absolute Gasteiger partial charge is 0.291 e. The van der Waals surface area contributed by atoms with Crippen LogP contribution in [0.15, 0.2) is 71.5 Å². The van der Waals surface area contributed by atoms with Gasteiger partial charge in [0.05, 0.1) is 17.7 Å². The molecule has 0 bridgehead atoms. The van der Waals surface area contributed by atoms with E-state index < -0.39 is 10.8 Å². The van der Waals surface area contributed by atoms with Gasteiger partial charge in [-0.15, -0.1) is 0 Å². The van der Waals surface area contributed by atoms with Gasteiger partial charge in [0.25, 0.3) is 11.6 Å². The molecule has 8 heteroatoms. The number of non-ortho nitro benzene ring substituents is 1. The van der Waals surface area contributed by atoms with Crippen molar-refractivity contribution in [3.63, 3.8) is 0 Å². The number of hydrogen-bond acceptors (Lipinski definition) is 5. The highest BCUT2D eigenvalue weighted by Crippen LogP contribution is 2.16. The average Bonchev–Trinajstić information content (AvgIpc) is 3.23. The number of carbonyl (C=O) groups excluding carboxylic acids is 1. The number of aromatic nitrogens is 2. The minimum absolute atomic E-state index is 0.0315. The summed E-state index contributed by atoms with van der Waals surface area (Å²) in [5, 5.41) is 19.0. The first-order valence-electron chi connectivity index (χ1n) is 10.2. The van der Waals surface area contributed by atoms with Crippen molar-refractivity contribution in [2.45, 2.75) is 33.2 Å². The Morgan fingerprint density at radius 1 is 1.16 bits per heavy atom. The number of nitro groups is 1. The third-order valence-corrected chi connectivity index (χ3v) is 4.80. The Kier molecular flexibility index (Phi) is 7.28. The number of nitrogens with zero attached hydrogens (tertiary/aromatic N) is 4. The standard InChI is InChI=1S/C24H25N5O3/c1-17(2)21-8-4-19(5-9-21)14-18(3)15-25-26-24(30)23-12-13-28(27-23)16-20-6-10-22(11-7-20)29(31)32/h4-15,17H,16H2,1-3H3,(H,26,30). The van der Waals surface area contributed by atoms with Crippen LogP contribution in [0.5, 0.6) is 0 Å². The molecule has 164 valence electrons. The van der Waals surface area contributed by atoms with Crippen molar-refractivity contribution >= 4 is 23.9 Å². The summed E-state index contributed by atoms with van der Waals surface area (Å²) in [6.45, 7) is 6.62. The summed E-state index contributed by atoms with van der Waals surface area (Å²) < 4.78 is 1.59. The van der Waals surface area contributed by atoms with Gasteiger partial charge in [0, 0.05) is 18.3 Å². The number of amides is 1. The van der Waals surface area contributed by atoms with Crippen molar-refractivity contribution in [3.05, 3.63) is 98.9 Å². The highest BCUT2D eigenvalue weighted by Gasteiger charge is 2.09. The molecule has 3 aromatic rings. The summed E-state index contributed by atoms with van der Waals surface area (Å²) in [5.41, 5.74) is 6.82. The lowest BCUT2D eigenvalue weighted by molar-refractivity contribution is -0.384. The molecule has 1 N–H and O–H groups in total. The van der Waals surface area contributed by atoms with Gasteiger partial charge >= 0.3 is 0 Å². The number of nitro benzene ring substituents is 1. The van der Waals surface area contributed by atoms with Crippen molar-refractivity contribution in [1.29, 1.82) is 0 Å². The molecular formula is C24H25N5O3. The molecular weight excluding hydrogens is 406 g/mol. The summed E-state index contributed by atoms with van der Waals surface area (Å²) in [7, 11) is 0. The summed E-state index contributed by atoms with van der Waals surface area (Å²) >= 11 is 0. The Morgan fingerprint density at radius 2 is 1.84 bits per heavy atom. The summed E-state index contributed by atoms with van der Waals surface area (Å²) in [5.74, 6) is 0.0706. The molecule has 1 amide bonds. The first-order valence-corrected chi connectivity index (χ1v) is 10.2. The second-order valence-electron chi connectivity index (χ2n) is 7.73. The topological polar surface area (TPSA) is 102 Å². The minimum atomic E-state index is -0.444. The van der Waals surface area contributed by atoms with Gasteiger partial charge in [-0.1, -0.05) is 56.3 Å². The molecule has 0 fully saturated rings. The normalized spacial score (nSPS) is 11.8. The lowest BCUT2D eigenvalue weighted by Crippen LogP contribution is -2.18. The van der Waals surface area contributed by atoms with Gasteiger partial charge in [-0.25, -0.2) is 5.43 Å². The maximum absolute atomic E-state index is 12.3. The maximum Gasteiger partial charge on any atom is 0.291 e. The number of hydrazone groups is 1. The fourth-order valence-electron chi connectivity index (χ4n) is 3.01. The van der Waals surface area contributed by atoms with E-state index in [1.165, 1.54) is 17.7 Å². The first-order chi connectivity index (χ1) is 15.3. The summed E-state index contributed by atoms with van der Waals surface area (Å²) in [6.07, 6.45) is 5.24. The molecule has 0 spiro atoms. The zero-order valence-corrected chi connectivity index (χ0v) is 18.2. The molecule has 32 heavy (non-hydrogen) atoms. The van der Waals surface area contributed by atoms with Crippen LogP contribution in [-0.2, 0) is 6.54 Å². The number of carbonyl (C=O) groups is 1. The number of benzene rings is 2. The van der Waals surface area contributed by atoms with Gasteiger partial charge < -0.3 is 0 Å². The molecule has 2 aromatic carbocycles. The van der Waals surface area contributed by atoms with Crippen LogP contribution in [0.4, 0.5) is 5.69 Å². The van der Waals surface area contributed by atoms with E-state index in [1.807, 2.05) is 13.0 Å². The van der Waals surface area contributed by atoms with Gasteiger partial charge in [-0.05, 0) is 41.2 Å². The predicted octanol–water partition coefficient (Wildman–Crippen LogP) is 4.78. The maximum atomic E-state index is 12.3. The molecule has 0 saturated heterocycles. The van der Waals surface area contributed by atoms with E-state index in [-0.39, 0.29) is 11.4 Å². The van der Waals surface area contributed by atoms with Gasteiger partial charge in [-0.3, -0.25) is 19.6 Å². The molecule has 0 radical (unpaired) electrons. The van der Waals surface area contributed by atoms with Crippen molar-refractivity contribution in [2.24, 2.45) is 5.10 Å². The van der Waals surface area contributed by atoms with E-state index in [2.05, 4.69) is 53.7 Å². The molecule has 0 aliphatic rings. The summed E-state index contributed by atoms with van der Waals surface area (Å²) in [6, 6.07) is 16.1. The van der Waals surface area contributed by atoms with Crippen molar-refractivity contribution in [1.82, 2.24) is 15.2 Å². The fraction of sp³-hybridized carbons (Fsp3) is 0.208. The van der Waals surface area contributed by atoms with E-state index in [0.29, 0.717) is 12.5 Å². The second kappa shape index (κ2) is 10.3. The lowest BCUT2D eigenvalue weighted by atomic mass is 10.0. The Morgan fingerprint density at radius 3 is 2.47 bits per heavy atom. The molecule has 3 rings (SSSR count). The van der Waals surface area contributed by atoms with Crippen LogP contribution in [0.3, 0.4) is 0 Å². The SMILES string of the molecule is CC(C=NNC(=O)c1ccn(Cc2ccc([N+](=O)[O-])cc2)n1)=Cc1ccc(C(C)C)cc1. The van der Waals surface area contributed by atoms with Crippen LogP contribution in [-0.4, -0.2) is 26.8 Å². The Hall–Kier alpha value is -4.07. The molecule has 0 atom stereocenters. The first kappa shape index (κ1) is 22.6. The molecule has 0 aliphatic carbocycles. The molecule has 0 unspecified atom stereocenters. The third kappa shape index (κ3) is 6.21. The van der Waals surface area contributed by atoms with E-state index in [0.717, 1.165) is 16.7 Å². The Bertz CT molecular complexity index is 1140. The number of rotatable bonds is 8. The van der Waals surface area contributed by atoms with Crippen LogP contribution in [0.25, 0.3) is 6.08 Å². The van der Waals surface area contributed by atoms with Crippen LogP contribution < -0.4 is 5.43 Å². The zero-order chi connectivity index (χ0) is 23.1. The van der Waals surface area contributed by atoms with E-state index in [4.69, 9.17) is 0 Å². The smallest absolute Gasteiger partial charge is 0.268 e. The Labute approximate surface area is 186 Å². The second-order valence-corrected chi connectivity index (χ2v) is 7.73. The van der Waals surface area contributed by atoms with Crippen LogP contribution in [0, 0.1) is 10.1 Å². The molecule has 8 nitrogen and oxygen atoms in total. The van der Waals surface area contributed by atoms with Crippen LogP contribution >= 0.6 is 0 Å². The van der Waals surface area contributed by atoms with Gasteiger partial charge in [0.1, 0.15) is 0 Å². The van der Waals surface area contributed by atoms with Crippen molar-refractivity contribution in [2.75, 3.05) is 0 Å². The Balaban J connectivity index is 1.55. The molecule has 1 heterocycles. The monoisotopic (exact) mass is 431 g/mol. The fourth-order valence-corrected chi connectivity index (χ4v) is 3.01.